The van der Waals surface area contributed by atoms with Gasteiger partial charge < -0.3 is 0 Å². The lowest BCUT2D eigenvalue weighted by molar-refractivity contribution is 0.836. The largest absolute Gasteiger partial charge is 0.167 e. The van der Waals surface area contributed by atoms with E-state index in [1.54, 1.807) is 0 Å². The number of hydrogen-bond acceptors (Lipinski definition) is 0. The van der Waals surface area contributed by atoms with Gasteiger partial charge in [-0.3, -0.25) is 0 Å². The van der Waals surface area contributed by atoms with E-state index in [4.69, 9.17) is 0 Å². The molecule has 2 bridgehead atoms. The maximum absolute atomic E-state index is 2.42. The number of allylic oxidation sites excluding steroid dienone is 6. The third kappa shape index (κ3) is 1.30. The molecule has 1 fully saturated rings. The summed E-state index contributed by atoms with van der Waals surface area (Å²) < 4.78 is 0. The van der Waals surface area contributed by atoms with Crippen molar-refractivity contribution in [3.63, 3.8) is 0 Å². The van der Waals surface area contributed by atoms with Crippen LogP contribution in [0.25, 0.3) is 0 Å². The van der Waals surface area contributed by atoms with Crippen molar-refractivity contribution in [2.24, 2.45) is 0 Å². The van der Waals surface area contributed by atoms with Crippen molar-refractivity contribution in [1.29, 1.82) is 0 Å². The fourth-order valence-corrected chi connectivity index (χ4v) is 3.51. The SMILES string of the molecule is C1=CC2C=CC(C=C1)B2C1CCCC1. The van der Waals surface area contributed by atoms with Gasteiger partial charge in [-0.2, -0.15) is 0 Å². The molecule has 0 spiro atoms. The summed E-state index contributed by atoms with van der Waals surface area (Å²) in [6.45, 7) is 0.896. The molecule has 3 rings (SSSR count). The zero-order valence-corrected chi connectivity index (χ0v) is 8.60. The molecule has 0 N–H and O–H groups in total. The van der Waals surface area contributed by atoms with Crippen molar-refractivity contribution >= 4 is 6.71 Å². The second-order valence-electron chi connectivity index (χ2n) is 4.93. The maximum Gasteiger partial charge on any atom is 0.167 e. The van der Waals surface area contributed by atoms with E-state index < -0.39 is 0 Å². The first-order valence-corrected chi connectivity index (χ1v) is 5.98. The molecule has 14 heavy (non-hydrogen) atoms. The molecule has 0 saturated heterocycles. The first-order chi connectivity index (χ1) is 6.95. The predicted molar refractivity (Wildman–Crippen MR) is 62.9 cm³/mol. The molecule has 0 aromatic heterocycles. The zero-order chi connectivity index (χ0) is 9.38. The van der Waals surface area contributed by atoms with Crippen molar-refractivity contribution < 1.29 is 0 Å². The van der Waals surface area contributed by atoms with E-state index in [-0.39, 0.29) is 0 Å². The average molecular weight is 184 g/mol. The van der Waals surface area contributed by atoms with Crippen LogP contribution in [0.4, 0.5) is 0 Å². The smallest absolute Gasteiger partial charge is 0.0890 e. The molecule has 72 valence electrons. The Labute approximate surface area is 86.9 Å². The van der Waals surface area contributed by atoms with Crippen molar-refractivity contribution in [1.82, 2.24) is 0 Å². The van der Waals surface area contributed by atoms with Crippen molar-refractivity contribution in [2.75, 3.05) is 0 Å². The third-order valence-corrected chi connectivity index (χ3v) is 4.17. The van der Waals surface area contributed by atoms with Crippen LogP contribution in [0.2, 0.25) is 17.5 Å². The Morgan fingerprint density at radius 2 is 1.36 bits per heavy atom. The van der Waals surface area contributed by atoms with Gasteiger partial charge in [0.05, 0.1) is 0 Å². The van der Waals surface area contributed by atoms with E-state index in [9.17, 15) is 0 Å². The molecular formula is C13H17B. The van der Waals surface area contributed by atoms with E-state index in [1.807, 2.05) is 0 Å². The van der Waals surface area contributed by atoms with Crippen molar-refractivity contribution in [3.05, 3.63) is 36.5 Å². The van der Waals surface area contributed by atoms with Gasteiger partial charge in [0.15, 0.2) is 6.71 Å². The second-order valence-corrected chi connectivity index (χ2v) is 4.93. The monoisotopic (exact) mass is 184 g/mol. The van der Waals surface area contributed by atoms with Gasteiger partial charge in [0.2, 0.25) is 0 Å². The average Bonchev–Trinajstić information content (AvgIpc) is 2.72. The molecule has 1 saturated carbocycles. The molecule has 2 aliphatic heterocycles. The summed E-state index contributed by atoms with van der Waals surface area (Å²) in [6, 6.07) is 0. The minimum absolute atomic E-state index is 0.734. The van der Waals surface area contributed by atoms with Gasteiger partial charge in [-0.1, -0.05) is 68.0 Å². The molecule has 1 heteroatoms. The number of rotatable bonds is 1. The highest BCUT2D eigenvalue weighted by Crippen LogP contribution is 2.47. The van der Waals surface area contributed by atoms with Gasteiger partial charge in [-0.25, -0.2) is 0 Å². The van der Waals surface area contributed by atoms with Gasteiger partial charge in [0.1, 0.15) is 0 Å². The fourth-order valence-electron chi connectivity index (χ4n) is 3.51. The molecule has 1 aliphatic carbocycles. The Bertz CT molecular complexity index is 272. The Morgan fingerprint density at radius 1 is 0.786 bits per heavy atom. The van der Waals surface area contributed by atoms with Gasteiger partial charge in [0.25, 0.3) is 0 Å². The fraction of sp³-hybridized carbons (Fsp3) is 0.538. The van der Waals surface area contributed by atoms with Gasteiger partial charge in [-0.15, -0.1) is 0 Å². The third-order valence-electron chi connectivity index (χ3n) is 4.17. The van der Waals surface area contributed by atoms with Crippen LogP contribution in [-0.2, 0) is 0 Å². The van der Waals surface area contributed by atoms with Crippen LogP contribution in [0.15, 0.2) is 36.5 Å². The molecule has 2 heterocycles. The lowest BCUT2D eigenvalue weighted by Gasteiger charge is -2.23. The minimum atomic E-state index is 0.734. The zero-order valence-electron chi connectivity index (χ0n) is 8.60. The molecule has 0 radical (unpaired) electrons. The van der Waals surface area contributed by atoms with Crippen molar-refractivity contribution in [3.8, 4) is 0 Å². The lowest BCUT2D eigenvalue weighted by atomic mass is 9.30. The Hall–Kier alpha value is -0.715. The highest BCUT2D eigenvalue weighted by Gasteiger charge is 2.39. The minimum Gasteiger partial charge on any atom is -0.0890 e. The van der Waals surface area contributed by atoms with E-state index >= 15 is 0 Å². The predicted octanol–water partition coefficient (Wildman–Crippen LogP) is 3.86. The molecule has 0 aromatic rings. The Morgan fingerprint density at radius 3 is 1.93 bits per heavy atom. The highest BCUT2D eigenvalue weighted by atomic mass is 14.2. The first-order valence-electron chi connectivity index (χ1n) is 5.98. The van der Waals surface area contributed by atoms with Crippen molar-refractivity contribution in [2.45, 2.75) is 43.1 Å². The molecule has 0 nitrogen and oxygen atoms in total. The number of fused-ring (bicyclic) bond motifs is 2. The molecule has 3 aliphatic rings. The summed E-state index contributed by atoms with van der Waals surface area (Å²) in [7, 11) is 0. The Kier molecular flexibility index (Phi) is 2.12. The normalized spacial score (nSPS) is 35.6. The summed E-state index contributed by atoms with van der Waals surface area (Å²) in [5.74, 6) is 2.46. The number of hydrogen-bond donors (Lipinski definition) is 0. The van der Waals surface area contributed by atoms with E-state index in [1.165, 1.54) is 25.7 Å². The summed E-state index contributed by atoms with van der Waals surface area (Å²) in [6.07, 6.45) is 20.0. The molecular weight excluding hydrogens is 167 g/mol. The van der Waals surface area contributed by atoms with Crippen LogP contribution >= 0.6 is 0 Å². The quantitative estimate of drug-likeness (QED) is 0.428. The molecule has 2 atom stereocenters. The lowest BCUT2D eigenvalue weighted by Crippen LogP contribution is -2.24. The van der Waals surface area contributed by atoms with E-state index in [2.05, 4.69) is 36.5 Å². The first kappa shape index (κ1) is 8.58. The summed E-state index contributed by atoms with van der Waals surface area (Å²) in [5, 5.41) is 0. The summed E-state index contributed by atoms with van der Waals surface area (Å²) >= 11 is 0. The standard InChI is InChI=1S/C13H17B/c1-2-6-11(5-1)14-12-7-3-4-8-13(14)10-9-12/h3-4,7-13H,1-2,5-6H2. The van der Waals surface area contributed by atoms with Crippen LogP contribution in [0.3, 0.4) is 0 Å². The van der Waals surface area contributed by atoms with E-state index in [0.29, 0.717) is 0 Å². The van der Waals surface area contributed by atoms with Crippen LogP contribution < -0.4 is 0 Å². The van der Waals surface area contributed by atoms with Crippen LogP contribution in [0, 0.1) is 0 Å². The highest BCUT2D eigenvalue weighted by molar-refractivity contribution is 6.67. The summed E-state index contributed by atoms with van der Waals surface area (Å²) in [5.41, 5.74) is 0. The summed E-state index contributed by atoms with van der Waals surface area (Å²) in [4.78, 5) is 0. The Balaban J connectivity index is 1.86. The van der Waals surface area contributed by atoms with E-state index in [0.717, 1.165) is 24.2 Å². The second kappa shape index (κ2) is 3.45. The van der Waals surface area contributed by atoms with Gasteiger partial charge >= 0.3 is 0 Å². The van der Waals surface area contributed by atoms with Crippen LogP contribution in [0.5, 0.6) is 0 Å². The van der Waals surface area contributed by atoms with Gasteiger partial charge in [0, 0.05) is 0 Å². The maximum atomic E-state index is 2.42. The van der Waals surface area contributed by atoms with Crippen LogP contribution in [-0.4, -0.2) is 6.71 Å². The molecule has 0 amide bonds. The topological polar surface area (TPSA) is 0 Å². The molecule has 2 unspecified atom stereocenters. The van der Waals surface area contributed by atoms with Crippen LogP contribution in [0.1, 0.15) is 25.7 Å². The molecule has 0 aromatic carbocycles. The van der Waals surface area contributed by atoms with Gasteiger partial charge in [-0.05, 0) is 11.6 Å².